The average molecular weight is 544 g/mol. The van der Waals surface area contributed by atoms with Gasteiger partial charge in [-0.2, -0.15) is 0 Å². The van der Waals surface area contributed by atoms with Gasteiger partial charge in [0, 0.05) is 35.3 Å². The predicted molar refractivity (Wildman–Crippen MR) is 151 cm³/mol. The number of hydrogen-bond donors (Lipinski definition) is 1. The minimum Gasteiger partial charge on any atom is -0.354 e. The normalized spacial score (nSPS) is 11.6. The molecule has 0 bridgehead atoms. The van der Waals surface area contributed by atoms with Crippen LogP contribution in [0.3, 0.4) is 0 Å². The molecule has 0 aliphatic carbocycles. The summed E-state index contributed by atoms with van der Waals surface area (Å²) < 4.78 is 0. The van der Waals surface area contributed by atoms with Crippen LogP contribution in [0.5, 0.6) is 0 Å². The van der Waals surface area contributed by atoms with Gasteiger partial charge in [-0.05, 0) is 41.3 Å². The molecule has 0 heterocycles. The number of rotatable bonds is 13. The molecule has 7 heteroatoms. The van der Waals surface area contributed by atoms with E-state index in [9.17, 15) is 9.59 Å². The maximum atomic E-state index is 13.6. The number of thioether (sulfide) groups is 1. The van der Waals surface area contributed by atoms with Crippen LogP contribution in [0.4, 0.5) is 0 Å². The summed E-state index contributed by atoms with van der Waals surface area (Å²) in [5.41, 5.74) is 2.90. The van der Waals surface area contributed by atoms with Crippen molar-refractivity contribution in [2.24, 2.45) is 0 Å². The van der Waals surface area contributed by atoms with Crippen LogP contribution < -0.4 is 5.32 Å². The van der Waals surface area contributed by atoms with Crippen molar-refractivity contribution in [3.63, 3.8) is 0 Å². The molecule has 190 valence electrons. The molecule has 1 atom stereocenters. The van der Waals surface area contributed by atoms with Gasteiger partial charge >= 0.3 is 0 Å². The SMILES string of the molecule is CCCCNC(=O)C(Cc1ccccc1)N(Cc1ccccc1Cl)C(=O)CSCc1ccc(Cl)cc1. The summed E-state index contributed by atoms with van der Waals surface area (Å²) >= 11 is 14.0. The summed E-state index contributed by atoms with van der Waals surface area (Å²) in [6.45, 7) is 2.93. The molecule has 0 radical (unpaired) electrons. The van der Waals surface area contributed by atoms with Crippen molar-refractivity contribution in [1.29, 1.82) is 0 Å². The number of carbonyl (C=O) groups excluding carboxylic acids is 2. The molecule has 3 aromatic rings. The number of benzene rings is 3. The topological polar surface area (TPSA) is 49.4 Å². The fourth-order valence-electron chi connectivity index (χ4n) is 3.79. The highest BCUT2D eigenvalue weighted by molar-refractivity contribution is 7.99. The minimum absolute atomic E-state index is 0.0968. The molecule has 36 heavy (non-hydrogen) atoms. The summed E-state index contributed by atoms with van der Waals surface area (Å²) in [7, 11) is 0. The Balaban J connectivity index is 1.83. The second kappa shape index (κ2) is 14.9. The molecule has 1 N–H and O–H groups in total. The van der Waals surface area contributed by atoms with Crippen molar-refractivity contribution in [1.82, 2.24) is 10.2 Å². The smallest absolute Gasteiger partial charge is 0.243 e. The number of amides is 2. The molecular weight excluding hydrogens is 511 g/mol. The van der Waals surface area contributed by atoms with Crippen molar-refractivity contribution < 1.29 is 9.59 Å². The Morgan fingerprint density at radius 1 is 0.917 bits per heavy atom. The molecule has 0 saturated carbocycles. The van der Waals surface area contributed by atoms with E-state index in [-0.39, 0.29) is 24.1 Å². The zero-order valence-electron chi connectivity index (χ0n) is 20.5. The van der Waals surface area contributed by atoms with Crippen LogP contribution in [0, 0.1) is 0 Å². The van der Waals surface area contributed by atoms with Gasteiger partial charge in [-0.3, -0.25) is 9.59 Å². The first-order chi connectivity index (χ1) is 17.5. The van der Waals surface area contributed by atoms with Gasteiger partial charge in [0.15, 0.2) is 0 Å². The maximum Gasteiger partial charge on any atom is 0.243 e. The van der Waals surface area contributed by atoms with Gasteiger partial charge in [-0.1, -0.05) is 97.2 Å². The summed E-state index contributed by atoms with van der Waals surface area (Å²) in [5, 5.41) is 4.30. The molecular formula is C29H32Cl2N2O2S. The van der Waals surface area contributed by atoms with Crippen molar-refractivity contribution in [2.75, 3.05) is 12.3 Å². The number of hydrogen-bond acceptors (Lipinski definition) is 3. The molecule has 3 aromatic carbocycles. The van der Waals surface area contributed by atoms with Gasteiger partial charge in [-0.25, -0.2) is 0 Å². The summed E-state index contributed by atoms with van der Waals surface area (Å²) in [4.78, 5) is 28.7. The molecule has 1 unspecified atom stereocenters. The number of carbonyl (C=O) groups is 2. The van der Waals surface area contributed by atoms with Gasteiger partial charge in [0.05, 0.1) is 5.75 Å². The Morgan fingerprint density at radius 3 is 2.31 bits per heavy atom. The number of nitrogens with one attached hydrogen (secondary N) is 1. The summed E-state index contributed by atoms with van der Waals surface area (Å²) in [5.74, 6) is 0.686. The largest absolute Gasteiger partial charge is 0.354 e. The highest BCUT2D eigenvalue weighted by atomic mass is 35.5. The van der Waals surface area contributed by atoms with Crippen LogP contribution >= 0.6 is 35.0 Å². The third-order valence-electron chi connectivity index (χ3n) is 5.81. The lowest BCUT2D eigenvalue weighted by Crippen LogP contribution is -2.51. The van der Waals surface area contributed by atoms with E-state index in [0.29, 0.717) is 28.8 Å². The van der Waals surface area contributed by atoms with Gasteiger partial charge in [0.2, 0.25) is 11.8 Å². The van der Waals surface area contributed by atoms with E-state index in [4.69, 9.17) is 23.2 Å². The molecule has 0 aliphatic rings. The van der Waals surface area contributed by atoms with E-state index in [1.807, 2.05) is 78.9 Å². The number of unbranched alkanes of at least 4 members (excludes halogenated alkanes) is 1. The molecule has 0 aliphatic heterocycles. The zero-order valence-corrected chi connectivity index (χ0v) is 22.8. The van der Waals surface area contributed by atoms with Crippen molar-refractivity contribution in [2.45, 2.75) is 44.5 Å². The highest BCUT2D eigenvalue weighted by Gasteiger charge is 2.30. The third kappa shape index (κ3) is 8.88. The Hall–Kier alpha value is -2.47. The van der Waals surface area contributed by atoms with Crippen LogP contribution in [0.1, 0.15) is 36.5 Å². The van der Waals surface area contributed by atoms with E-state index in [0.717, 1.165) is 29.5 Å². The monoisotopic (exact) mass is 542 g/mol. The Bertz CT molecular complexity index is 1110. The lowest BCUT2D eigenvalue weighted by Gasteiger charge is -2.32. The standard InChI is InChI=1S/C29H32Cl2N2O2S/c1-2-3-17-32-29(35)27(18-22-9-5-4-6-10-22)33(19-24-11-7-8-12-26(24)31)28(34)21-36-20-23-13-15-25(30)16-14-23/h4-16,27H,2-3,17-21H2,1H3,(H,32,35). The molecule has 3 rings (SSSR count). The molecule has 0 fully saturated rings. The van der Waals surface area contributed by atoms with Crippen LogP contribution in [0.15, 0.2) is 78.9 Å². The lowest BCUT2D eigenvalue weighted by molar-refractivity contribution is -0.139. The molecule has 0 saturated heterocycles. The van der Waals surface area contributed by atoms with Gasteiger partial charge < -0.3 is 10.2 Å². The number of halogens is 2. The fraction of sp³-hybridized carbons (Fsp3) is 0.310. The second-order valence-corrected chi connectivity index (χ2v) is 10.4. The van der Waals surface area contributed by atoms with Crippen molar-refractivity contribution in [3.05, 3.63) is 106 Å². The van der Waals surface area contributed by atoms with E-state index >= 15 is 0 Å². The van der Waals surface area contributed by atoms with Crippen LogP contribution in [0.2, 0.25) is 10.0 Å². The van der Waals surface area contributed by atoms with Gasteiger partial charge in [0.1, 0.15) is 6.04 Å². The molecule has 0 aromatic heterocycles. The Kier molecular flexibility index (Phi) is 11.7. The first kappa shape index (κ1) is 28.1. The second-order valence-electron chi connectivity index (χ2n) is 8.58. The first-order valence-electron chi connectivity index (χ1n) is 12.1. The third-order valence-corrected chi connectivity index (χ3v) is 7.42. The van der Waals surface area contributed by atoms with Gasteiger partial charge in [0.25, 0.3) is 0 Å². The molecule has 4 nitrogen and oxygen atoms in total. The fourth-order valence-corrected chi connectivity index (χ4v) is 4.98. The van der Waals surface area contributed by atoms with E-state index in [1.54, 1.807) is 4.90 Å². The summed E-state index contributed by atoms with van der Waals surface area (Å²) in [6, 6.07) is 24.2. The Labute approximate surface area is 228 Å². The van der Waals surface area contributed by atoms with Gasteiger partial charge in [-0.15, -0.1) is 11.8 Å². The van der Waals surface area contributed by atoms with Crippen LogP contribution in [-0.2, 0) is 28.3 Å². The van der Waals surface area contributed by atoms with Crippen LogP contribution in [-0.4, -0.2) is 35.1 Å². The maximum absolute atomic E-state index is 13.6. The van der Waals surface area contributed by atoms with Crippen molar-refractivity contribution in [3.8, 4) is 0 Å². The van der Waals surface area contributed by atoms with E-state index < -0.39 is 6.04 Å². The average Bonchev–Trinajstić information content (AvgIpc) is 2.89. The number of nitrogens with zero attached hydrogens (tertiary/aromatic N) is 1. The van der Waals surface area contributed by atoms with Crippen molar-refractivity contribution >= 4 is 46.8 Å². The molecule has 2 amide bonds. The van der Waals surface area contributed by atoms with Crippen LogP contribution in [0.25, 0.3) is 0 Å². The summed E-state index contributed by atoms with van der Waals surface area (Å²) in [6.07, 6.45) is 2.29. The zero-order chi connectivity index (χ0) is 25.8. The molecule has 0 spiro atoms. The lowest BCUT2D eigenvalue weighted by atomic mass is 10.0. The highest BCUT2D eigenvalue weighted by Crippen LogP contribution is 2.22. The van der Waals surface area contributed by atoms with E-state index in [1.165, 1.54) is 11.8 Å². The Morgan fingerprint density at radius 2 is 1.61 bits per heavy atom. The minimum atomic E-state index is -0.649. The predicted octanol–water partition coefficient (Wildman–Crippen LogP) is 6.78. The quantitative estimate of drug-likeness (QED) is 0.242. The first-order valence-corrected chi connectivity index (χ1v) is 14.1. The van der Waals surface area contributed by atoms with E-state index in [2.05, 4.69) is 12.2 Å².